The van der Waals surface area contributed by atoms with Crippen molar-refractivity contribution >= 4 is 17.6 Å². The summed E-state index contributed by atoms with van der Waals surface area (Å²) in [5, 5.41) is 17.4. The summed E-state index contributed by atoms with van der Waals surface area (Å²) >= 11 is 5.88. The molecule has 2 aromatic carbocycles. The van der Waals surface area contributed by atoms with Crippen LogP contribution in [0.3, 0.4) is 0 Å². The van der Waals surface area contributed by atoms with Crippen LogP contribution in [-0.2, 0) is 6.42 Å². The zero-order valence-electron chi connectivity index (χ0n) is 16.5. The zero-order chi connectivity index (χ0) is 20.4. The highest BCUT2D eigenvalue weighted by Crippen LogP contribution is 2.27. The minimum atomic E-state index is -0.682. The summed E-state index contributed by atoms with van der Waals surface area (Å²) in [4.78, 5) is 4.47. The van der Waals surface area contributed by atoms with Gasteiger partial charge in [0.25, 0.3) is 0 Å². The van der Waals surface area contributed by atoms with Crippen LogP contribution in [0, 0.1) is 0 Å². The maximum absolute atomic E-state index is 10.3. The van der Waals surface area contributed by atoms with Crippen molar-refractivity contribution in [2.24, 2.45) is 4.99 Å². The van der Waals surface area contributed by atoms with Crippen LogP contribution in [0.2, 0.25) is 5.02 Å². The molecule has 152 valence electrons. The molecule has 3 N–H and O–H groups in total. The number of benzene rings is 2. The highest BCUT2D eigenvalue weighted by Gasteiger charge is 2.08. The van der Waals surface area contributed by atoms with Gasteiger partial charge >= 0.3 is 0 Å². The molecule has 1 atom stereocenters. The summed E-state index contributed by atoms with van der Waals surface area (Å²) in [6.45, 7) is 3.69. The Morgan fingerprint density at radius 3 is 2.43 bits per heavy atom. The number of ether oxygens (including phenoxy) is 2. The van der Waals surface area contributed by atoms with Gasteiger partial charge in [-0.3, -0.25) is 4.99 Å². The van der Waals surface area contributed by atoms with Gasteiger partial charge in [0.2, 0.25) is 0 Å². The Morgan fingerprint density at radius 2 is 1.79 bits per heavy atom. The van der Waals surface area contributed by atoms with Crippen LogP contribution in [0.1, 0.15) is 24.2 Å². The van der Waals surface area contributed by atoms with E-state index in [0.29, 0.717) is 29.0 Å². The van der Waals surface area contributed by atoms with Crippen LogP contribution in [0.15, 0.2) is 47.5 Å². The fraction of sp³-hybridized carbons (Fsp3) is 0.381. The van der Waals surface area contributed by atoms with Crippen molar-refractivity contribution in [3.8, 4) is 11.5 Å². The molecule has 0 bridgehead atoms. The van der Waals surface area contributed by atoms with Crippen LogP contribution < -0.4 is 20.1 Å². The highest BCUT2D eigenvalue weighted by molar-refractivity contribution is 6.30. The van der Waals surface area contributed by atoms with Gasteiger partial charge in [-0.15, -0.1) is 0 Å². The van der Waals surface area contributed by atoms with Gasteiger partial charge in [0, 0.05) is 18.1 Å². The maximum atomic E-state index is 10.3. The number of nitrogens with one attached hydrogen (secondary N) is 2. The predicted octanol–water partition coefficient (Wildman–Crippen LogP) is 3.19. The van der Waals surface area contributed by atoms with E-state index in [1.54, 1.807) is 38.5 Å². The number of guanidine groups is 1. The van der Waals surface area contributed by atoms with Gasteiger partial charge in [0.1, 0.15) is 0 Å². The summed E-state index contributed by atoms with van der Waals surface area (Å²) in [5.41, 5.74) is 1.91. The van der Waals surface area contributed by atoms with Gasteiger partial charge < -0.3 is 25.2 Å². The van der Waals surface area contributed by atoms with Crippen molar-refractivity contribution in [1.82, 2.24) is 10.6 Å². The fourth-order valence-electron chi connectivity index (χ4n) is 2.67. The van der Waals surface area contributed by atoms with Gasteiger partial charge in [-0.1, -0.05) is 29.8 Å². The molecule has 1 unspecified atom stereocenters. The minimum Gasteiger partial charge on any atom is -0.493 e. The molecule has 0 aromatic heterocycles. The monoisotopic (exact) mass is 405 g/mol. The molecule has 0 amide bonds. The molecular formula is C21H28ClN3O3. The first kappa shape index (κ1) is 21.9. The molecule has 0 saturated carbocycles. The van der Waals surface area contributed by atoms with Crippen LogP contribution in [0.5, 0.6) is 11.5 Å². The van der Waals surface area contributed by atoms with E-state index in [0.717, 1.165) is 24.1 Å². The zero-order valence-corrected chi connectivity index (χ0v) is 17.3. The van der Waals surface area contributed by atoms with E-state index in [4.69, 9.17) is 21.1 Å². The molecule has 0 aliphatic carbocycles. The molecular weight excluding hydrogens is 378 g/mol. The van der Waals surface area contributed by atoms with Crippen LogP contribution >= 0.6 is 11.6 Å². The lowest BCUT2D eigenvalue weighted by Gasteiger charge is -2.14. The topological polar surface area (TPSA) is 75.1 Å². The summed E-state index contributed by atoms with van der Waals surface area (Å²) in [7, 11) is 3.25. The average Bonchev–Trinajstić information content (AvgIpc) is 2.72. The Morgan fingerprint density at radius 1 is 1.07 bits per heavy atom. The minimum absolute atomic E-state index is 0.257. The first-order chi connectivity index (χ1) is 13.6. The average molecular weight is 406 g/mol. The first-order valence-corrected chi connectivity index (χ1v) is 9.61. The predicted molar refractivity (Wildman–Crippen MR) is 114 cm³/mol. The van der Waals surface area contributed by atoms with E-state index in [1.165, 1.54) is 0 Å². The van der Waals surface area contributed by atoms with Crippen molar-refractivity contribution < 1.29 is 14.6 Å². The number of halogens is 1. The van der Waals surface area contributed by atoms with Gasteiger partial charge in [0.15, 0.2) is 17.5 Å². The number of hydrogen-bond acceptors (Lipinski definition) is 4. The Bertz CT molecular complexity index is 766. The van der Waals surface area contributed by atoms with E-state index in [9.17, 15) is 5.11 Å². The van der Waals surface area contributed by atoms with Gasteiger partial charge in [-0.05, 0) is 48.7 Å². The third kappa shape index (κ3) is 6.62. The lowest BCUT2D eigenvalue weighted by molar-refractivity contribution is 0.187. The second-order valence-electron chi connectivity index (χ2n) is 6.15. The normalized spacial score (nSPS) is 12.4. The van der Waals surface area contributed by atoms with Gasteiger partial charge in [-0.25, -0.2) is 0 Å². The lowest BCUT2D eigenvalue weighted by atomic mass is 10.1. The molecule has 2 rings (SSSR count). The highest BCUT2D eigenvalue weighted by atomic mass is 35.5. The van der Waals surface area contributed by atoms with Crippen molar-refractivity contribution in [1.29, 1.82) is 0 Å². The van der Waals surface area contributed by atoms with Crippen molar-refractivity contribution in [3.63, 3.8) is 0 Å². The molecule has 0 heterocycles. The number of aliphatic hydroxyl groups excluding tert-OH is 1. The molecule has 2 aromatic rings. The SMILES string of the molecule is CCNC(=NCC(O)c1ccc(Cl)cc1)NCCc1ccc(OC)c(OC)c1. The molecule has 0 radical (unpaired) electrons. The van der Waals surface area contributed by atoms with Crippen molar-refractivity contribution in [2.75, 3.05) is 33.9 Å². The molecule has 6 nitrogen and oxygen atoms in total. The summed E-state index contributed by atoms with van der Waals surface area (Å²) in [5.74, 6) is 2.09. The first-order valence-electron chi connectivity index (χ1n) is 9.24. The van der Waals surface area contributed by atoms with Crippen LogP contribution in [-0.4, -0.2) is 44.9 Å². The van der Waals surface area contributed by atoms with E-state index in [1.807, 2.05) is 25.1 Å². The fourth-order valence-corrected chi connectivity index (χ4v) is 2.80. The molecule has 0 saturated heterocycles. The standard InChI is InChI=1S/C21H28ClN3O3/c1-4-23-21(25-14-18(26)16-6-8-17(22)9-7-16)24-12-11-15-5-10-19(27-2)20(13-15)28-3/h5-10,13,18,26H,4,11-12,14H2,1-3H3,(H2,23,24,25). The van der Waals surface area contributed by atoms with Crippen LogP contribution in [0.4, 0.5) is 0 Å². The van der Waals surface area contributed by atoms with Gasteiger partial charge in [0.05, 0.1) is 26.9 Å². The molecule has 0 spiro atoms. The van der Waals surface area contributed by atoms with Crippen molar-refractivity contribution in [3.05, 3.63) is 58.6 Å². The summed E-state index contributed by atoms with van der Waals surface area (Å²) < 4.78 is 10.6. The third-order valence-electron chi connectivity index (χ3n) is 4.18. The molecule has 0 aliphatic heterocycles. The van der Waals surface area contributed by atoms with E-state index >= 15 is 0 Å². The van der Waals surface area contributed by atoms with Crippen LogP contribution in [0.25, 0.3) is 0 Å². The summed E-state index contributed by atoms with van der Waals surface area (Å²) in [6.07, 6.45) is 0.114. The summed E-state index contributed by atoms with van der Waals surface area (Å²) in [6, 6.07) is 13.0. The number of aliphatic imine (C=N–C) groups is 1. The quantitative estimate of drug-likeness (QED) is 0.441. The van der Waals surface area contributed by atoms with Gasteiger partial charge in [-0.2, -0.15) is 0 Å². The Hall–Kier alpha value is -2.44. The largest absolute Gasteiger partial charge is 0.493 e. The Labute approximate surface area is 171 Å². The smallest absolute Gasteiger partial charge is 0.191 e. The lowest BCUT2D eigenvalue weighted by Crippen LogP contribution is -2.38. The molecule has 0 fully saturated rings. The Balaban J connectivity index is 1.91. The molecule has 28 heavy (non-hydrogen) atoms. The second kappa shape index (κ2) is 11.4. The maximum Gasteiger partial charge on any atom is 0.191 e. The number of nitrogens with zero attached hydrogens (tertiary/aromatic N) is 1. The van der Waals surface area contributed by atoms with E-state index in [-0.39, 0.29) is 6.54 Å². The van der Waals surface area contributed by atoms with E-state index in [2.05, 4.69) is 15.6 Å². The molecule has 7 heteroatoms. The number of rotatable bonds is 9. The second-order valence-corrected chi connectivity index (χ2v) is 6.59. The van der Waals surface area contributed by atoms with Crippen molar-refractivity contribution in [2.45, 2.75) is 19.4 Å². The number of hydrogen-bond donors (Lipinski definition) is 3. The number of aliphatic hydroxyl groups is 1. The third-order valence-corrected chi connectivity index (χ3v) is 4.43. The number of methoxy groups -OCH3 is 2. The van der Waals surface area contributed by atoms with E-state index < -0.39 is 6.10 Å². The molecule has 0 aliphatic rings. The Kier molecular flexibility index (Phi) is 8.91.